The Bertz CT molecular complexity index is 473. The molecule has 2 N–H and O–H groups in total. The van der Waals surface area contributed by atoms with Crippen LogP contribution in [0.2, 0.25) is 0 Å². The summed E-state index contributed by atoms with van der Waals surface area (Å²) in [6, 6.07) is 5.98. The van der Waals surface area contributed by atoms with E-state index in [1.165, 1.54) is 0 Å². The smallest absolute Gasteiger partial charge is 0.161 e. The van der Waals surface area contributed by atoms with Crippen molar-refractivity contribution in [3.8, 4) is 11.5 Å². The van der Waals surface area contributed by atoms with E-state index in [0.717, 1.165) is 25.1 Å². The van der Waals surface area contributed by atoms with Crippen LogP contribution in [0.5, 0.6) is 11.5 Å². The minimum absolute atomic E-state index is 0.162. The number of hydrogen-bond donors (Lipinski definition) is 2. The van der Waals surface area contributed by atoms with Gasteiger partial charge in [-0.1, -0.05) is 19.9 Å². The lowest BCUT2D eigenvalue weighted by atomic mass is 9.64. The Balaban J connectivity index is 1.91. The molecule has 1 aliphatic carbocycles. The maximum absolute atomic E-state index is 9.72. The largest absolute Gasteiger partial charge is 0.504 e. The summed E-state index contributed by atoms with van der Waals surface area (Å²) in [4.78, 5) is 0. The number of phenols is 1. The number of ether oxygens (including phenoxy) is 2. The molecular weight excluding hydrogens is 266 g/mol. The zero-order chi connectivity index (χ0) is 15.5. The van der Waals surface area contributed by atoms with Gasteiger partial charge in [-0.15, -0.1) is 0 Å². The van der Waals surface area contributed by atoms with Gasteiger partial charge in [0, 0.05) is 24.6 Å². The van der Waals surface area contributed by atoms with Gasteiger partial charge in [0.25, 0.3) is 0 Å². The van der Waals surface area contributed by atoms with Gasteiger partial charge in [0.15, 0.2) is 11.5 Å². The molecule has 0 spiro atoms. The highest BCUT2D eigenvalue weighted by atomic mass is 16.5. The first-order chi connectivity index (χ1) is 9.98. The molecule has 1 aromatic rings. The van der Waals surface area contributed by atoms with Gasteiger partial charge in [0.2, 0.25) is 0 Å². The maximum Gasteiger partial charge on any atom is 0.161 e. The number of rotatable bonds is 7. The molecule has 2 unspecified atom stereocenters. The van der Waals surface area contributed by atoms with Gasteiger partial charge < -0.3 is 19.9 Å². The Morgan fingerprint density at radius 2 is 2.05 bits per heavy atom. The van der Waals surface area contributed by atoms with Gasteiger partial charge >= 0.3 is 0 Å². The predicted molar refractivity (Wildman–Crippen MR) is 83.7 cm³/mol. The Labute approximate surface area is 127 Å². The van der Waals surface area contributed by atoms with Gasteiger partial charge in [-0.3, -0.25) is 0 Å². The maximum atomic E-state index is 9.72. The molecule has 118 valence electrons. The van der Waals surface area contributed by atoms with E-state index < -0.39 is 0 Å². The summed E-state index contributed by atoms with van der Waals surface area (Å²) in [6.07, 6.45) is 1.40. The highest BCUT2D eigenvalue weighted by Crippen LogP contribution is 2.42. The fraction of sp³-hybridized carbons (Fsp3) is 0.647. The Morgan fingerprint density at radius 3 is 2.67 bits per heavy atom. The van der Waals surface area contributed by atoms with Gasteiger partial charge in [-0.25, -0.2) is 0 Å². The third-order valence-electron chi connectivity index (χ3n) is 4.42. The number of nitrogens with one attached hydrogen (secondary N) is 1. The number of phenolic OH excluding ortho intramolecular Hbond substituents is 1. The summed E-state index contributed by atoms with van der Waals surface area (Å²) in [5, 5.41) is 13.3. The molecule has 1 aromatic carbocycles. The zero-order valence-electron chi connectivity index (χ0n) is 13.5. The Morgan fingerprint density at radius 1 is 1.29 bits per heavy atom. The third-order valence-corrected chi connectivity index (χ3v) is 4.42. The van der Waals surface area contributed by atoms with Gasteiger partial charge in [0.1, 0.15) is 0 Å². The van der Waals surface area contributed by atoms with Crippen LogP contribution < -0.4 is 10.1 Å². The van der Waals surface area contributed by atoms with Crippen LogP contribution in [0.25, 0.3) is 0 Å². The molecule has 1 aliphatic rings. The van der Waals surface area contributed by atoms with Crippen LogP contribution in [0.4, 0.5) is 0 Å². The summed E-state index contributed by atoms with van der Waals surface area (Å²) >= 11 is 0. The van der Waals surface area contributed by atoms with Crippen LogP contribution in [0.15, 0.2) is 18.2 Å². The molecule has 4 nitrogen and oxygen atoms in total. The van der Waals surface area contributed by atoms with E-state index in [0.29, 0.717) is 24.5 Å². The SMILES string of the molecule is CCOc1cc(CNC2CC(OCC)C2(C)C)ccc1O. The van der Waals surface area contributed by atoms with Crippen molar-refractivity contribution in [2.75, 3.05) is 13.2 Å². The van der Waals surface area contributed by atoms with Crippen molar-refractivity contribution < 1.29 is 14.6 Å². The predicted octanol–water partition coefficient (Wildman–Crippen LogP) is 3.08. The van der Waals surface area contributed by atoms with E-state index in [1.54, 1.807) is 6.07 Å². The van der Waals surface area contributed by atoms with E-state index in [4.69, 9.17) is 9.47 Å². The summed E-state index contributed by atoms with van der Waals surface area (Å²) in [5.41, 5.74) is 1.28. The van der Waals surface area contributed by atoms with Gasteiger partial charge in [-0.05, 0) is 38.0 Å². The topological polar surface area (TPSA) is 50.7 Å². The van der Waals surface area contributed by atoms with Crippen LogP contribution in [0, 0.1) is 5.41 Å². The lowest BCUT2D eigenvalue weighted by Gasteiger charge is -2.52. The zero-order valence-corrected chi connectivity index (χ0v) is 13.5. The molecule has 1 fully saturated rings. The lowest BCUT2D eigenvalue weighted by Crippen LogP contribution is -2.60. The monoisotopic (exact) mass is 293 g/mol. The van der Waals surface area contributed by atoms with Crippen LogP contribution >= 0.6 is 0 Å². The van der Waals surface area contributed by atoms with Crippen LogP contribution in [-0.4, -0.2) is 30.5 Å². The van der Waals surface area contributed by atoms with Crippen molar-refractivity contribution >= 4 is 0 Å². The summed E-state index contributed by atoms with van der Waals surface area (Å²) in [6.45, 7) is 10.5. The van der Waals surface area contributed by atoms with Gasteiger partial charge in [0.05, 0.1) is 12.7 Å². The molecule has 2 rings (SSSR count). The molecule has 21 heavy (non-hydrogen) atoms. The molecule has 4 heteroatoms. The summed E-state index contributed by atoms with van der Waals surface area (Å²) in [5.74, 6) is 0.748. The Kier molecular flexibility index (Phi) is 5.12. The van der Waals surface area contributed by atoms with Crippen LogP contribution in [-0.2, 0) is 11.3 Å². The highest BCUT2D eigenvalue weighted by Gasteiger charge is 2.48. The first kappa shape index (κ1) is 16.1. The van der Waals surface area contributed by atoms with Crippen molar-refractivity contribution in [3.63, 3.8) is 0 Å². The van der Waals surface area contributed by atoms with Gasteiger partial charge in [-0.2, -0.15) is 0 Å². The average molecular weight is 293 g/mol. The van der Waals surface area contributed by atoms with E-state index in [-0.39, 0.29) is 11.2 Å². The molecule has 0 amide bonds. The summed E-state index contributed by atoms with van der Waals surface area (Å²) in [7, 11) is 0. The molecule has 0 radical (unpaired) electrons. The average Bonchev–Trinajstić information content (AvgIpc) is 2.45. The number of aromatic hydroxyl groups is 1. The van der Waals surface area contributed by atoms with Crippen molar-refractivity contribution in [1.29, 1.82) is 0 Å². The lowest BCUT2D eigenvalue weighted by molar-refractivity contribution is -0.114. The number of hydrogen-bond acceptors (Lipinski definition) is 4. The second-order valence-corrected chi connectivity index (χ2v) is 6.17. The van der Waals surface area contributed by atoms with E-state index in [1.807, 2.05) is 26.0 Å². The fourth-order valence-corrected chi connectivity index (χ4v) is 2.90. The van der Waals surface area contributed by atoms with Crippen molar-refractivity contribution in [1.82, 2.24) is 5.32 Å². The minimum atomic E-state index is 0.162. The fourth-order valence-electron chi connectivity index (χ4n) is 2.90. The summed E-state index contributed by atoms with van der Waals surface area (Å²) < 4.78 is 11.2. The molecule has 0 heterocycles. The molecular formula is C17H27NO3. The molecule has 2 atom stereocenters. The third kappa shape index (κ3) is 3.50. The Hall–Kier alpha value is -1.26. The quantitative estimate of drug-likeness (QED) is 0.811. The van der Waals surface area contributed by atoms with E-state index in [2.05, 4.69) is 19.2 Å². The first-order valence-corrected chi connectivity index (χ1v) is 7.78. The van der Waals surface area contributed by atoms with Crippen molar-refractivity contribution in [2.24, 2.45) is 5.41 Å². The first-order valence-electron chi connectivity index (χ1n) is 7.78. The second kappa shape index (κ2) is 6.67. The second-order valence-electron chi connectivity index (χ2n) is 6.17. The van der Waals surface area contributed by atoms with Crippen molar-refractivity contribution in [3.05, 3.63) is 23.8 Å². The standard InChI is InChI=1S/C17H27NO3/c1-5-20-14-9-12(7-8-13(14)19)11-18-15-10-16(21-6-2)17(15,3)4/h7-9,15-16,18-19H,5-6,10-11H2,1-4H3. The molecule has 0 aliphatic heterocycles. The molecule has 1 saturated carbocycles. The van der Waals surface area contributed by atoms with Crippen molar-refractivity contribution in [2.45, 2.75) is 52.8 Å². The van der Waals surface area contributed by atoms with E-state index in [9.17, 15) is 5.11 Å². The normalized spacial score (nSPS) is 23.6. The molecule has 0 aromatic heterocycles. The number of benzene rings is 1. The molecule has 0 bridgehead atoms. The highest BCUT2D eigenvalue weighted by molar-refractivity contribution is 5.41. The van der Waals surface area contributed by atoms with Crippen LogP contribution in [0.1, 0.15) is 39.7 Å². The van der Waals surface area contributed by atoms with E-state index >= 15 is 0 Å². The van der Waals surface area contributed by atoms with Crippen LogP contribution in [0.3, 0.4) is 0 Å². The minimum Gasteiger partial charge on any atom is -0.504 e. The molecule has 0 saturated heterocycles.